The van der Waals surface area contributed by atoms with Gasteiger partial charge in [-0.3, -0.25) is 9.59 Å². The van der Waals surface area contributed by atoms with Gasteiger partial charge in [0.05, 0.1) is 6.61 Å². The van der Waals surface area contributed by atoms with E-state index in [1.54, 1.807) is 30.3 Å². The Balaban J connectivity index is 1.81. The molecule has 0 radical (unpaired) electrons. The number of unbranched alkanes of at least 4 members (excludes halogenated alkanes) is 3. The first-order chi connectivity index (χ1) is 15.5. The van der Waals surface area contributed by atoms with Crippen LogP contribution in [0, 0.1) is 0 Å². The molecule has 3 rings (SSSR count). The molecule has 2 aromatic carbocycles. The monoisotopic (exact) mass is 454 g/mol. The summed E-state index contributed by atoms with van der Waals surface area (Å²) in [5, 5.41) is 4.10. The molecule has 3 aromatic rings. The number of aromatic nitrogens is 1. The molecule has 0 bridgehead atoms. The highest BCUT2D eigenvalue weighted by Crippen LogP contribution is 2.17. The lowest BCUT2D eigenvalue weighted by Gasteiger charge is -2.19. The SMILES string of the molecule is CCCCCCOC(=O)C(Cc1cc(=O)[nH]c2ccccc12)NC(=O)c1ccc(Cl)cc1. The van der Waals surface area contributed by atoms with Crippen molar-refractivity contribution in [2.45, 2.75) is 45.1 Å². The van der Waals surface area contributed by atoms with Gasteiger partial charge in [-0.05, 0) is 42.3 Å². The van der Waals surface area contributed by atoms with Gasteiger partial charge in [0.2, 0.25) is 5.56 Å². The average molecular weight is 455 g/mol. The van der Waals surface area contributed by atoms with Gasteiger partial charge in [-0.2, -0.15) is 0 Å². The van der Waals surface area contributed by atoms with Gasteiger partial charge in [0.15, 0.2) is 0 Å². The normalized spacial score (nSPS) is 11.8. The number of pyridine rings is 1. The Bertz CT molecular complexity index is 1120. The summed E-state index contributed by atoms with van der Waals surface area (Å²) in [4.78, 5) is 40.6. The highest BCUT2D eigenvalue weighted by molar-refractivity contribution is 6.30. The zero-order valence-electron chi connectivity index (χ0n) is 18.0. The van der Waals surface area contributed by atoms with Crippen LogP contribution in [0.1, 0.15) is 48.5 Å². The highest BCUT2D eigenvalue weighted by atomic mass is 35.5. The van der Waals surface area contributed by atoms with Crippen molar-refractivity contribution in [1.82, 2.24) is 10.3 Å². The van der Waals surface area contributed by atoms with E-state index in [2.05, 4.69) is 17.2 Å². The number of benzene rings is 2. The molecule has 1 heterocycles. The van der Waals surface area contributed by atoms with E-state index in [1.165, 1.54) is 6.07 Å². The van der Waals surface area contributed by atoms with Crippen LogP contribution in [0.3, 0.4) is 0 Å². The molecular weight excluding hydrogens is 428 g/mol. The summed E-state index contributed by atoms with van der Waals surface area (Å²) >= 11 is 5.91. The third kappa shape index (κ3) is 6.44. The number of fused-ring (bicyclic) bond motifs is 1. The number of hydrogen-bond donors (Lipinski definition) is 2. The Hall–Kier alpha value is -3.12. The fraction of sp³-hybridized carbons (Fsp3) is 0.320. The van der Waals surface area contributed by atoms with E-state index in [9.17, 15) is 14.4 Å². The lowest BCUT2D eigenvalue weighted by atomic mass is 10.0. The molecule has 168 valence electrons. The zero-order chi connectivity index (χ0) is 22.9. The Morgan fingerprint density at radius 2 is 1.81 bits per heavy atom. The number of aromatic amines is 1. The second-order valence-corrected chi connectivity index (χ2v) is 8.11. The fourth-order valence-electron chi connectivity index (χ4n) is 3.50. The third-order valence-electron chi connectivity index (χ3n) is 5.20. The number of halogens is 1. The van der Waals surface area contributed by atoms with Crippen LogP contribution in [0.5, 0.6) is 0 Å². The summed E-state index contributed by atoms with van der Waals surface area (Å²) in [5.41, 5.74) is 1.44. The first-order valence-corrected chi connectivity index (χ1v) is 11.2. The molecule has 1 aromatic heterocycles. The van der Waals surface area contributed by atoms with Crippen LogP contribution in [0.4, 0.5) is 0 Å². The summed E-state index contributed by atoms with van der Waals surface area (Å²) in [6.07, 6.45) is 4.05. The van der Waals surface area contributed by atoms with E-state index in [0.717, 1.165) is 31.1 Å². The van der Waals surface area contributed by atoms with Crippen LogP contribution < -0.4 is 10.9 Å². The second kappa shape index (κ2) is 11.5. The number of ether oxygens (including phenoxy) is 1. The Morgan fingerprint density at radius 3 is 2.56 bits per heavy atom. The van der Waals surface area contributed by atoms with Gasteiger partial charge in [-0.25, -0.2) is 4.79 Å². The molecule has 32 heavy (non-hydrogen) atoms. The summed E-state index contributed by atoms with van der Waals surface area (Å²) in [7, 11) is 0. The van der Waals surface area contributed by atoms with E-state index in [-0.39, 0.29) is 12.0 Å². The molecule has 0 saturated carbocycles. The molecule has 0 aliphatic heterocycles. The topological polar surface area (TPSA) is 88.3 Å². The summed E-state index contributed by atoms with van der Waals surface area (Å²) in [5.74, 6) is -0.933. The number of carbonyl (C=O) groups is 2. The molecule has 0 fully saturated rings. The number of amides is 1. The highest BCUT2D eigenvalue weighted by Gasteiger charge is 2.24. The van der Waals surface area contributed by atoms with E-state index in [1.807, 2.05) is 18.2 Å². The minimum absolute atomic E-state index is 0.136. The number of H-pyrrole nitrogens is 1. The van der Waals surface area contributed by atoms with Gasteiger partial charge >= 0.3 is 5.97 Å². The van der Waals surface area contributed by atoms with Crippen molar-refractivity contribution in [2.75, 3.05) is 6.61 Å². The third-order valence-corrected chi connectivity index (χ3v) is 5.45. The smallest absolute Gasteiger partial charge is 0.328 e. The molecule has 1 atom stereocenters. The van der Waals surface area contributed by atoms with Gasteiger partial charge in [-0.1, -0.05) is 56.0 Å². The second-order valence-electron chi connectivity index (χ2n) is 7.67. The lowest BCUT2D eigenvalue weighted by molar-refractivity contribution is -0.146. The van der Waals surface area contributed by atoms with Gasteiger partial charge in [0, 0.05) is 34.0 Å². The Labute approximate surface area is 191 Å². The van der Waals surface area contributed by atoms with Crippen LogP contribution in [-0.4, -0.2) is 29.5 Å². The minimum atomic E-state index is -0.936. The molecule has 0 aliphatic carbocycles. The van der Waals surface area contributed by atoms with Crippen molar-refractivity contribution in [3.63, 3.8) is 0 Å². The van der Waals surface area contributed by atoms with E-state index in [0.29, 0.717) is 28.3 Å². The van der Waals surface area contributed by atoms with Crippen LogP contribution in [-0.2, 0) is 16.0 Å². The van der Waals surface area contributed by atoms with Crippen LogP contribution in [0.15, 0.2) is 59.4 Å². The van der Waals surface area contributed by atoms with Gasteiger partial charge < -0.3 is 15.0 Å². The van der Waals surface area contributed by atoms with Crippen LogP contribution >= 0.6 is 11.6 Å². The fourth-order valence-corrected chi connectivity index (χ4v) is 3.63. The van der Waals surface area contributed by atoms with Crippen molar-refractivity contribution in [3.05, 3.63) is 81.1 Å². The summed E-state index contributed by atoms with van der Waals surface area (Å²) < 4.78 is 5.46. The van der Waals surface area contributed by atoms with Crippen LogP contribution in [0.2, 0.25) is 5.02 Å². The van der Waals surface area contributed by atoms with Crippen molar-refractivity contribution in [2.24, 2.45) is 0 Å². The van der Waals surface area contributed by atoms with E-state index >= 15 is 0 Å². The molecule has 7 heteroatoms. The predicted molar refractivity (Wildman–Crippen MR) is 126 cm³/mol. The van der Waals surface area contributed by atoms with E-state index in [4.69, 9.17) is 16.3 Å². The maximum atomic E-state index is 12.9. The molecule has 6 nitrogen and oxygen atoms in total. The van der Waals surface area contributed by atoms with E-state index < -0.39 is 17.9 Å². The van der Waals surface area contributed by atoms with Gasteiger partial charge in [-0.15, -0.1) is 0 Å². The predicted octanol–water partition coefficient (Wildman–Crippen LogP) is 4.65. The van der Waals surface area contributed by atoms with Gasteiger partial charge in [0.25, 0.3) is 5.91 Å². The summed E-state index contributed by atoms with van der Waals surface area (Å²) in [6, 6.07) is 14.3. The molecular formula is C25H27ClN2O4. The molecule has 0 aliphatic rings. The van der Waals surface area contributed by atoms with Crippen molar-refractivity contribution >= 4 is 34.4 Å². The van der Waals surface area contributed by atoms with Crippen LogP contribution in [0.25, 0.3) is 10.9 Å². The number of nitrogens with one attached hydrogen (secondary N) is 2. The molecule has 0 spiro atoms. The Kier molecular flexibility index (Phi) is 8.45. The van der Waals surface area contributed by atoms with Crippen molar-refractivity contribution in [3.8, 4) is 0 Å². The number of rotatable bonds is 10. The molecule has 0 saturated heterocycles. The largest absolute Gasteiger partial charge is 0.464 e. The maximum absolute atomic E-state index is 12.9. The summed E-state index contributed by atoms with van der Waals surface area (Å²) in [6.45, 7) is 2.41. The first-order valence-electron chi connectivity index (χ1n) is 10.8. The van der Waals surface area contributed by atoms with Crippen molar-refractivity contribution in [1.29, 1.82) is 0 Å². The number of esters is 1. The number of hydrogen-bond acceptors (Lipinski definition) is 4. The number of carbonyl (C=O) groups excluding carboxylic acids is 2. The Morgan fingerprint density at radius 1 is 1.06 bits per heavy atom. The zero-order valence-corrected chi connectivity index (χ0v) is 18.8. The standard InChI is InChI=1S/C25H27ClN2O4/c1-2-3-4-7-14-32-25(31)22(28-24(30)17-10-12-19(26)13-11-17)15-18-16-23(29)27-21-9-6-5-8-20(18)21/h5-6,8-13,16,22H,2-4,7,14-15H2,1H3,(H,27,29)(H,28,30). The molecule has 1 unspecified atom stereocenters. The quantitative estimate of drug-likeness (QED) is 0.345. The van der Waals surface area contributed by atoms with Crippen molar-refractivity contribution < 1.29 is 14.3 Å². The first kappa shape index (κ1) is 23.5. The molecule has 2 N–H and O–H groups in total. The maximum Gasteiger partial charge on any atom is 0.328 e. The molecule has 1 amide bonds. The minimum Gasteiger partial charge on any atom is -0.464 e. The lowest BCUT2D eigenvalue weighted by Crippen LogP contribution is -2.43. The van der Waals surface area contributed by atoms with Gasteiger partial charge in [0.1, 0.15) is 6.04 Å². The number of para-hydroxylation sites is 1. The average Bonchev–Trinajstić information content (AvgIpc) is 2.78.